The molecule has 0 N–H and O–H groups in total. The summed E-state index contributed by atoms with van der Waals surface area (Å²) in [5.41, 5.74) is 3.42. The largest absolute Gasteiger partial charge is 0.370 e. The lowest BCUT2D eigenvalue weighted by Gasteiger charge is -2.38. The molecule has 1 aromatic heterocycles. The van der Waals surface area contributed by atoms with Crippen molar-refractivity contribution in [2.24, 2.45) is 0 Å². The number of carbonyl (C=O) groups is 1. The van der Waals surface area contributed by atoms with Crippen molar-refractivity contribution in [1.29, 1.82) is 5.26 Å². The summed E-state index contributed by atoms with van der Waals surface area (Å²) in [5, 5.41) is 10.4. The molecule has 6 heteroatoms. The Bertz CT molecular complexity index is 929. The molecule has 2 saturated heterocycles. The fourth-order valence-electron chi connectivity index (χ4n) is 4.59. The third-order valence-electron chi connectivity index (χ3n) is 6.42. The molecule has 152 valence electrons. The number of carbonyl (C=O) groups excluding carboxylic acids is 1. The second kappa shape index (κ2) is 8.38. The molecule has 2 fully saturated rings. The van der Waals surface area contributed by atoms with Crippen molar-refractivity contribution in [3.8, 4) is 6.07 Å². The third-order valence-corrected chi connectivity index (χ3v) is 6.42. The molecule has 29 heavy (non-hydrogen) atoms. The summed E-state index contributed by atoms with van der Waals surface area (Å²) in [6.07, 6.45) is 5.77. The second-order valence-corrected chi connectivity index (χ2v) is 8.38. The number of hydrogen-bond acceptors (Lipinski definition) is 5. The summed E-state index contributed by atoms with van der Waals surface area (Å²) in [4.78, 5) is 23.5. The van der Waals surface area contributed by atoms with Gasteiger partial charge >= 0.3 is 0 Å². The molecule has 4 rings (SSSR count). The molecule has 0 bridgehead atoms. The third kappa shape index (κ3) is 4.20. The lowest BCUT2D eigenvalue weighted by atomic mass is 10.0. The van der Waals surface area contributed by atoms with Crippen LogP contribution in [0.2, 0.25) is 0 Å². The van der Waals surface area contributed by atoms with Crippen LogP contribution >= 0.6 is 0 Å². The molecular formula is C23H29N5O. The average molecular weight is 392 g/mol. The van der Waals surface area contributed by atoms with E-state index in [9.17, 15) is 10.1 Å². The molecule has 3 heterocycles. The zero-order valence-corrected chi connectivity index (χ0v) is 17.3. The number of hydrogen-bond donors (Lipinski definition) is 0. The van der Waals surface area contributed by atoms with Gasteiger partial charge in [0.05, 0.1) is 30.0 Å². The quantitative estimate of drug-likeness (QED) is 0.802. The van der Waals surface area contributed by atoms with Crippen molar-refractivity contribution in [3.63, 3.8) is 0 Å². The molecule has 6 nitrogen and oxygen atoms in total. The maximum Gasteiger partial charge on any atom is 0.237 e. The van der Waals surface area contributed by atoms with Crippen LogP contribution in [0, 0.1) is 18.3 Å². The monoisotopic (exact) mass is 391 g/mol. The number of aromatic nitrogens is 1. The highest BCUT2D eigenvalue weighted by Crippen LogP contribution is 2.25. The topological polar surface area (TPSA) is 63.5 Å². The summed E-state index contributed by atoms with van der Waals surface area (Å²) in [6, 6.07) is 11.1. The minimum Gasteiger partial charge on any atom is -0.370 e. The van der Waals surface area contributed by atoms with Crippen LogP contribution in [-0.2, 0) is 4.79 Å². The Balaban J connectivity index is 1.34. The van der Waals surface area contributed by atoms with E-state index in [-0.39, 0.29) is 11.9 Å². The number of aryl methyl sites for hydroxylation is 1. The maximum atomic E-state index is 12.6. The van der Waals surface area contributed by atoms with Gasteiger partial charge in [0, 0.05) is 38.1 Å². The molecule has 0 spiro atoms. The number of likely N-dealkylation sites (tertiary alicyclic amines) is 2. The Kier molecular flexibility index (Phi) is 5.68. The van der Waals surface area contributed by atoms with E-state index in [1.54, 1.807) is 4.90 Å². The fraction of sp³-hybridized carbons (Fsp3) is 0.522. The van der Waals surface area contributed by atoms with Gasteiger partial charge in [-0.3, -0.25) is 14.7 Å². The normalized spacial score (nSPS) is 20.7. The highest BCUT2D eigenvalue weighted by Gasteiger charge is 2.31. The van der Waals surface area contributed by atoms with Crippen molar-refractivity contribution in [3.05, 3.63) is 36.0 Å². The van der Waals surface area contributed by atoms with E-state index in [1.165, 1.54) is 10.9 Å². The lowest BCUT2D eigenvalue weighted by molar-refractivity contribution is -0.132. The van der Waals surface area contributed by atoms with E-state index in [2.05, 4.69) is 59.1 Å². The van der Waals surface area contributed by atoms with Crippen LogP contribution in [0.15, 0.2) is 30.5 Å². The van der Waals surface area contributed by atoms with Crippen molar-refractivity contribution in [2.75, 3.05) is 38.1 Å². The van der Waals surface area contributed by atoms with Gasteiger partial charge in [-0.2, -0.15) is 5.26 Å². The Morgan fingerprint density at radius 3 is 2.79 bits per heavy atom. The van der Waals surface area contributed by atoms with Gasteiger partial charge in [-0.15, -0.1) is 0 Å². The van der Waals surface area contributed by atoms with Gasteiger partial charge in [-0.1, -0.05) is 11.6 Å². The molecule has 2 aliphatic rings. The summed E-state index contributed by atoms with van der Waals surface area (Å²) < 4.78 is 0. The number of anilines is 1. The number of amides is 1. The number of pyridine rings is 1. The first kappa shape index (κ1) is 19.7. The predicted molar refractivity (Wildman–Crippen MR) is 115 cm³/mol. The minimum absolute atomic E-state index is 0.106. The SMILES string of the molecule is Cc1ccc2ncc(N(C)C3CCN(CC(=O)N4CCC[C@H]4C#N)CC3)cc2c1. The van der Waals surface area contributed by atoms with Crippen LogP contribution in [0.25, 0.3) is 10.9 Å². The van der Waals surface area contributed by atoms with Crippen LogP contribution in [0.4, 0.5) is 5.69 Å². The molecule has 2 aliphatic heterocycles. The van der Waals surface area contributed by atoms with Crippen LogP contribution in [0.3, 0.4) is 0 Å². The second-order valence-electron chi connectivity index (χ2n) is 8.38. The van der Waals surface area contributed by atoms with Gasteiger partial charge in [0.2, 0.25) is 5.91 Å². The number of nitrogens with zero attached hydrogens (tertiary/aromatic N) is 5. The highest BCUT2D eigenvalue weighted by molar-refractivity contribution is 5.82. The maximum absolute atomic E-state index is 12.6. The van der Waals surface area contributed by atoms with Gasteiger partial charge in [0.15, 0.2) is 0 Å². The Labute approximate surface area is 172 Å². The Morgan fingerprint density at radius 1 is 1.24 bits per heavy atom. The van der Waals surface area contributed by atoms with E-state index in [1.807, 2.05) is 6.20 Å². The number of piperidine rings is 1. The average Bonchev–Trinajstić information content (AvgIpc) is 3.22. The van der Waals surface area contributed by atoms with E-state index in [0.29, 0.717) is 12.6 Å². The van der Waals surface area contributed by atoms with E-state index in [4.69, 9.17) is 0 Å². The van der Waals surface area contributed by atoms with Crippen LogP contribution in [0.5, 0.6) is 0 Å². The smallest absolute Gasteiger partial charge is 0.237 e. The number of rotatable bonds is 4. The standard InChI is InChI=1S/C23H29N5O/c1-17-5-6-22-18(12-17)13-21(15-25-22)26(2)19-7-10-27(11-8-19)16-23(29)28-9-3-4-20(28)14-24/h5-6,12-13,15,19-20H,3-4,7-11,16H2,1-2H3/t20-/m0/s1. The summed E-state index contributed by atoms with van der Waals surface area (Å²) in [5.74, 6) is 0.106. The molecule has 0 unspecified atom stereocenters. The summed E-state index contributed by atoms with van der Waals surface area (Å²) in [6.45, 7) is 5.09. The van der Waals surface area contributed by atoms with Gasteiger partial charge in [-0.25, -0.2) is 0 Å². The van der Waals surface area contributed by atoms with Gasteiger partial charge < -0.3 is 9.80 Å². The molecule has 0 aliphatic carbocycles. The van der Waals surface area contributed by atoms with Gasteiger partial charge in [-0.05, 0) is 50.8 Å². The zero-order valence-electron chi connectivity index (χ0n) is 17.3. The van der Waals surface area contributed by atoms with E-state index < -0.39 is 0 Å². The van der Waals surface area contributed by atoms with Crippen molar-refractivity contribution < 1.29 is 4.79 Å². The molecule has 1 atom stereocenters. The fourth-order valence-corrected chi connectivity index (χ4v) is 4.59. The Morgan fingerprint density at radius 2 is 2.03 bits per heavy atom. The number of fused-ring (bicyclic) bond motifs is 1. The number of nitriles is 1. The van der Waals surface area contributed by atoms with E-state index in [0.717, 1.165) is 56.5 Å². The molecule has 0 radical (unpaired) electrons. The minimum atomic E-state index is -0.227. The molecule has 0 saturated carbocycles. The summed E-state index contributed by atoms with van der Waals surface area (Å²) >= 11 is 0. The Hall–Kier alpha value is -2.65. The molecule has 1 amide bonds. The van der Waals surface area contributed by atoms with E-state index >= 15 is 0 Å². The summed E-state index contributed by atoms with van der Waals surface area (Å²) in [7, 11) is 2.14. The van der Waals surface area contributed by atoms with Crippen LogP contribution < -0.4 is 4.90 Å². The predicted octanol–water partition coefficient (Wildman–Crippen LogP) is 2.96. The first-order valence-corrected chi connectivity index (χ1v) is 10.6. The number of benzene rings is 1. The van der Waals surface area contributed by atoms with Crippen LogP contribution in [0.1, 0.15) is 31.2 Å². The first-order valence-electron chi connectivity index (χ1n) is 10.6. The molecule has 1 aromatic carbocycles. The van der Waals surface area contributed by atoms with Crippen molar-refractivity contribution in [1.82, 2.24) is 14.8 Å². The van der Waals surface area contributed by atoms with Gasteiger partial charge in [0.25, 0.3) is 0 Å². The zero-order chi connectivity index (χ0) is 20.4. The van der Waals surface area contributed by atoms with Crippen molar-refractivity contribution >= 4 is 22.5 Å². The van der Waals surface area contributed by atoms with Gasteiger partial charge in [0.1, 0.15) is 6.04 Å². The van der Waals surface area contributed by atoms with Crippen LogP contribution in [-0.4, -0.2) is 66.0 Å². The lowest BCUT2D eigenvalue weighted by Crippen LogP contribution is -2.48. The molecular weight excluding hydrogens is 362 g/mol. The highest BCUT2D eigenvalue weighted by atomic mass is 16.2. The van der Waals surface area contributed by atoms with Crippen molar-refractivity contribution in [2.45, 2.75) is 44.7 Å². The first-order chi connectivity index (χ1) is 14.0. The molecule has 2 aromatic rings.